The van der Waals surface area contributed by atoms with E-state index in [2.05, 4.69) is 14.2 Å². The van der Waals surface area contributed by atoms with E-state index in [1.807, 2.05) is 5.38 Å². The lowest BCUT2D eigenvalue weighted by molar-refractivity contribution is 0.315. The lowest BCUT2D eigenvalue weighted by Crippen LogP contribution is -2.01. The van der Waals surface area contributed by atoms with Gasteiger partial charge in [0, 0.05) is 17.8 Å². The first-order chi connectivity index (χ1) is 7.54. The molecule has 2 aromatic heterocycles. The van der Waals surface area contributed by atoms with Gasteiger partial charge in [0.05, 0.1) is 11.1 Å². The Bertz CT molecular complexity index is 559. The van der Waals surface area contributed by atoms with E-state index in [1.165, 1.54) is 22.7 Å². The molecule has 2 heterocycles. The lowest BCUT2D eigenvalue weighted by Gasteiger charge is -1.96. The quantitative estimate of drug-likeness (QED) is 0.796. The van der Waals surface area contributed by atoms with Crippen molar-refractivity contribution in [2.24, 2.45) is 0 Å². The molecule has 0 aliphatic carbocycles. The molecular formula is C8H8N2O3S3. The molecular weight excluding hydrogens is 268 g/mol. The highest BCUT2D eigenvalue weighted by Gasteiger charge is 2.09. The van der Waals surface area contributed by atoms with Gasteiger partial charge in [-0.15, -0.1) is 22.7 Å². The predicted molar refractivity (Wildman–Crippen MR) is 62.9 cm³/mol. The van der Waals surface area contributed by atoms with E-state index in [9.17, 15) is 8.42 Å². The Hall–Kier alpha value is -0.830. The third kappa shape index (κ3) is 3.08. The van der Waals surface area contributed by atoms with Crippen molar-refractivity contribution in [2.75, 3.05) is 6.26 Å². The van der Waals surface area contributed by atoms with E-state index in [0.29, 0.717) is 0 Å². The standard InChI is InChI=1S/C8H8N2O3S3/c1-16(11,12)13-5-6-4-10-8(15-6)7-9-2-3-14-7/h2-4H,5H2,1H3. The number of rotatable bonds is 4. The number of thiazole rings is 2. The molecule has 0 spiro atoms. The van der Waals surface area contributed by atoms with E-state index >= 15 is 0 Å². The Balaban J connectivity index is 2.09. The molecule has 0 amide bonds. The summed E-state index contributed by atoms with van der Waals surface area (Å²) in [6.07, 6.45) is 4.33. The van der Waals surface area contributed by atoms with Crippen molar-refractivity contribution in [3.05, 3.63) is 22.7 Å². The normalized spacial score (nSPS) is 11.8. The zero-order valence-electron chi connectivity index (χ0n) is 8.28. The number of hydrogen-bond donors (Lipinski definition) is 0. The van der Waals surface area contributed by atoms with Crippen LogP contribution in [0.1, 0.15) is 4.88 Å². The van der Waals surface area contributed by atoms with Crippen molar-refractivity contribution in [2.45, 2.75) is 6.61 Å². The average molecular weight is 276 g/mol. The number of aromatic nitrogens is 2. The van der Waals surface area contributed by atoms with Gasteiger partial charge in [0.2, 0.25) is 0 Å². The van der Waals surface area contributed by atoms with Crippen molar-refractivity contribution in [3.63, 3.8) is 0 Å². The maximum absolute atomic E-state index is 10.8. The molecule has 0 aliphatic rings. The van der Waals surface area contributed by atoms with Gasteiger partial charge in [0.25, 0.3) is 10.1 Å². The summed E-state index contributed by atoms with van der Waals surface area (Å²) in [7, 11) is -3.40. The Labute approximate surface area is 101 Å². The Morgan fingerprint density at radius 2 is 2.19 bits per heavy atom. The fourth-order valence-electron chi connectivity index (χ4n) is 0.967. The van der Waals surface area contributed by atoms with Crippen molar-refractivity contribution in [1.29, 1.82) is 0 Å². The maximum Gasteiger partial charge on any atom is 0.264 e. The van der Waals surface area contributed by atoms with Crippen LogP contribution in [0, 0.1) is 0 Å². The van der Waals surface area contributed by atoms with E-state index in [1.54, 1.807) is 12.4 Å². The van der Waals surface area contributed by atoms with Crippen LogP contribution < -0.4 is 0 Å². The van der Waals surface area contributed by atoms with Crippen LogP contribution in [0.5, 0.6) is 0 Å². The van der Waals surface area contributed by atoms with Gasteiger partial charge in [0.1, 0.15) is 6.61 Å². The Kier molecular flexibility index (Phi) is 3.33. The third-order valence-electron chi connectivity index (χ3n) is 1.58. The molecule has 0 bridgehead atoms. The summed E-state index contributed by atoms with van der Waals surface area (Å²) in [5.41, 5.74) is 0. The van der Waals surface area contributed by atoms with Gasteiger partial charge < -0.3 is 0 Å². The second-order valence-corrected chi connectivity index (χ2v) is 6.59. The topological polar surface area (TPSA) is 69.2 Å². The van der Waals surface area contributed by atoms with E-state index in [0.717, 1.165) is 21.1 Å². The van der Waals surface area contributed by atoms with Crippen LogP contribution in [0.3, 0.4) is 0 Å². The second-order valence-electron chi connectivity index (χ2n) is 2.94. The molecule has 2 aromatic rings. The fourth-order valence-corrected chi connectivity index (χ4v) is 2.90. The maximum atomic E-state index is 10.8. The van der Waals surface area contributed by atoms with Crippen LogP contribution >= 0.6 is 22.7 Å². The van der Waals surface area contributed by atoms with Gasteiger partial charge in [-0.2, -0.15) is 8.42 Å². The van der Waals surface area contributed by atoms with Gasteiger partial charge >= 0.3 is 0 Å². The third-order valence-corrected chi connectivity index (χ3v) is 4.02. The summed E-state index contributed by atoms with van der Waals surface area (Å²) in [6, 6.07) is 0. The fraction of sp³-hybridized carbons (Fsp3) is 0.250. The van der Waals surface area contributed by atoms with Gasteiger partial charge in [-0.3, -0.25) is 4.18 Å². The van der Waals surface area contributed by atoms with Crippen LogP contribution in [-0.4, -0.2) is 24.6 Å². The van der Waals surface area contributed by atoms with Crippen molar-refractivity contribution < 1.29 is 12.6 Å². The van der Waals surface area contributed by atoms with E-state index < -0.39 is 10.1 Å². The molecule has 0 unspecified atom stereocenters. The van der Waals surface area contributed by atoms with Crippen molar-refractivity contribution in [3.8, 4) is 10.0 Å². The highest BCUT2D eigenvalue weighted by atomic mass is 32.2. The molecule has 0 N–H and O–H groups in total. The van der Waals surface area contributed by atoms with Crippen molar-refractivity contribution >= 4 is 32.8 Å². The first-order valence-electron chi connectivity index (χ1n) is 4.23. The molecule has 0 aromatic carbocycles. The summed E-state index contributed by atoms with van der Waals surface area (Å²) in [5.74, 6) is 0. The molecule has 0 saturated heterocycles. The molecule has 86 valence electrons. The van der Waals surface area contributed by atoms with Gasteiger partial charge in [-0.1, -0.05) is 0 Å². The van der Waals surface area contributed by atoms with Crippen LogP contribution in [0.15, 0.2) is 17.8 Å². The summed E-state index contributed by atoms with van der Waals surface area (Å²) >= 11 is 2.87. The molecule has 0 saturated carbocycles. The van der Waals surface area contributed by atoms with Gasteiger partial charge in [-0.25, -0.2) is 9.97 Å². The first kappa shape index (κ1) is 11.6. The summed E-state index contributed by atoms with van der Waals surface area (Å²) < 4.78 is 26.3. The smallest absolute Gasteiger partial charge is 0.264 e. The molecule has 0 radical (unpaired) electrons. The minimum Gasteiger partial charge on any atom is -0.265 e. The second kappa shape index (κ2) is 4.58. The number of nitrogens with zero attached hydrogens (tertiary/aromatic N) is 2. The molecule has 0 aliphatic heterocycles. The van der Waals surface area contributed by atoms with Crippen LogP contribution in [-0.2, 0) is 20.9 Å². The minimum atomic E-state index is -3.40. The highest BCUT2D eigenvalue weighted by Crippen LogP contribution is 2.27. The minimum absolute atomic E-state index is 0.0296. The molecule has 2 rings (SSSR count). The number of hydrogen-bond acceptors (Lipinski definition) is 7. The SMILES string of the molecule is CS(=O)(=O)OCc1cnc(-c2nccs2)s1. The largest absolute Gasteiger partial charge is 0.265 e. The van der Waals surface area contributed by atoms with Gasteiger partial charge in [0.15, 0.2) is 10.0 Å². The van der Waals surface area contributed by atoms with E-state index in [4.69, 9.17) is 0 Å². The Morgan fingerprint density at radius 3 is 2.81 bits per heavy atom. The summed E-state index contributed by atoms with van der Waals surface area (Å²) in [5, 5.41) is 3.47. The van der Waals surface area contributed by atoms with Crippen LogP contribution in [0.25, 0.3) is 10.0 Å². The molecule has 0 atom stereocenters. The van der Waals surface area contributed by atoms with Crippen LogP contribution in [0.2, 0.25) is 0 Å². The molecule has 16 heavy (non-hydrogen) atoms. The van der Waals surface area contributed by atoms with Crippen molar-refractivity contribution in [1.82, 2.24) is 9.97 Å². The summed E-state index contributed by atoms with van der Waals surface area (Å²) in [4.78, 5) is 9.03. The molecule has 0 fully saturated rings. The Morgan fingerprint density at radius 1 is 1.38 bits per heavy atom. The summed E-state index contributed by atoms with van der Waals surface area (Å²) in [6.45, 7) is 0.0296. The first-order valence-corrected chi connectivity index (χ1v) is 7.75. The predicted octanol–water partition coefficient (Wildman–Crippen LogP) is 1.74. The molecule has 8 heteroatoms. The van der Waals surface area contributed by atoms with Gasteiger partial charge in [-0.05, 0) is 0 Å². The zero-order valence-corrected chi connectivity index (χ0v) is 10.7. The highest BCUT2D eigenvalue weighted by molar-refractivity contribution is 7.85. The van der Waals surface area contributed by atoms with E-state index in [-0.39, 0.29) is 6.61 Å². The van der Waals surface area contributed by atoms with Crippen LogP contribution in [0.4, 0.5) is 0 Å². The lowest BCUT2D eigenvalue weighted by atomic mass is 10.6. The molecule has 5 nitrogen and oxygen atoms in total. The zero-order chi connectivity index (χ0) is 11.6. The average Bonchev–Trinajstić information content (AvgIpc) is 2.84. The monoisotopic (exact) mass is 276 g/mol.